The van der Waals surface area contributed by atoms with Crippen LogP contribution in [-0.4, -0.2) is 34.7 Å². The van der Waals surface area contributed by atoms with Crippen molar-refractivity contribution in [2.24, 2.45) is 0 Å². The normalized spacial score (nSPS) is 10.3. The van der Waals surface area contributed by atoms with Crippen molar-refractivity contribution in [1.82, 2.24) is 14.7 Å². The van der Waals surface area contributed by atoms with Gasteiger partial charge in [-0.05, 0) is 17.7 Å². The molecule has 2 rings (SSSR count). The Bertz CT molecular complexity index is 542. The first-order chi connectivity index (χ1) is 8.56. The molecule has 0 fully saturated rings. The molecule has 1 aromatic carbocycles. The average molecular weight is 244 g/mol. The molecule has 0 saturated heterocycles. The van der Waals surface area contributed by atoms with E-state index < -0.39 is 0 Å². The lowest BCUT2D eigenvalue weighted by molar-refractivity contribution is -0.129. The molecule has 5 nitrogen and oxygen atoms in total. The van der Waals surface area contributed by atoms with E-state index >= 15 is 0 Å². The zero-order valence-corrected chi connectivity index (χ0v) is 10.5. The van der Waals surface area contributed by atoms with Crippen LogP contribution in [0.1, 0.15) is 0 Å². The SMILES string of the molecule is CN(C)C(=O)Cn1cc(-c2ccc(N)cc2)cn1. The van der Waals surface area contributed by atoms with E-state index in [1.807, 2.05) is 30.5 Å². The van der Waals surface area contributed by atoms with Crippen LogP contribution in [0.3, 0.4) is 0 Å². The average Bonchev–Trinajstić information content (AvgIpc) is 2.78. The summed E-state index contributed by atoms with van der Waals surface area (Å²) in [6.07, 6.45) is 3.60. The molecule has 94 valence electrons. The molecule has 1 heterocycles. The first kappa shape index (κ1) is 12.2. The van der Waals surface area contributed by atoms with Gasteiger partial charge in [-0.1, -0.05) is 12.1 Å². The number of carbonyl (C=O) groups excluding carboxylic acids is 1. The molecule has 1 aromatic heterocycles. The number of nitrogens with zero attached hydrogens (tertiary/aromatic N) is 3. The quantitative estimate of drug-likeness (QED) is 0.826. The lowest BCUT2D eigenvalue weighted by Gasteiger charge is -2.09. The number of anilines is 1. The summed E-state index contributed by atoms with van der Waals surface area (Å²) in [6.45, 7) is 0.252. The van der Waals surface area contributed by atoms with Gasteiger partial charge in [0.2, 0.25) is 5.91 Å². The molecule has 5 heteroatoms. The van der Waals surface area contributed by atoms with Gasteiger partial charge in [0.05, 0.1) is 6.20 Å². The maximum absolute atomic E-state index is 11.6. The molecule has 1 amide bonds. The summed E-state index contributed by atoms with van der Waals surface area (Å²) in [6, 6.07) is 7.56. The fourth-order valence-corrected chi connectivity index (χ4v) is 1.55. The van der Waals surface area contributed by atoms with Crippen molar-refractivity contribution >= 4 is 11.6 Å². The van der Waals surface area contributed by atoms with E-state index in [4.69, 9.17) is 5.73 Å². The highest BCUT2D eigenvalue weighted by atomic mass is 16.2. The topological polar surface area (TPSA) is 64.2 Å². The maximum Gasteiger partial charge on any atom is 0.243 e. The Balaban J connectivity index is 2.15. The van der Waals surface area contributed by atoms with Crippen LogP contribution in [0.5, 0.6) is 0 Å². The van der Waals surface area contributed by atoms with E-state index in [1.165, 1.54) is 0 Å². The van der Waals surface area contributed by atoms with Crippen molar-refractivity contribution in [1.29, 1.82) is 0 Å². The van der Waals surface area contributed by atoms with Gasteiger partial charge >= 0.3 is 0 Å². The molecule has 0 aliphatic rings. The van der Waals surface area contributed by atoms with Crippen molar-refractivity contribution in [2.45, 2.75) is 6.54 Å². The summed E-state index contributed by atoms with van der Waals surface area (Å²) >= 11 is 0. The van der Waals surface area contributed by atoms with Gasteiger partial charge in [-0.3, -0.25) is 9.48 Å². The first-order valence-corrected chi connectivity index (χ1v) is 5.65. The highest BCUT2D eigenvalue weighted by Gasteiger charge is 2.07. The molecule has 0 radical (unpaired) electrons. The van der Waals surface area contributed by atoms with Gasteiger partial charge in [-0.2, -0.15) is 5.10 Å². The minimum atomic E-state index is 0.0157. The van der Waals surface area contributed by atoms with Crippen LogP contribution in [0.25, 0.3) is 11.1 Å². The van der Waals surface area contributed by atoms with Gasteiger partial charge in [0, 0.05) is 31.5 Å². The number of nitrogen functional groups attached to an aromatic ring is 1. The van der Waals surface area contributed by atoms with Crippen molar-refractivity contribution in [3.63, 3.8) is 0 Å². The standard InChI is InChI=1S/C13H16N4O/c1-16(2)13(18)9-17-8-11(7-15-17)10-3-5-12(14)6-4-10/h3-8H,9,14H2,1-2H3. The van der Waals surface area contributed by atoms with Crippen molar-refractivity contribution < 1.29 is 4.79 Å². The molecule has 0 bridgehead atoms. The Kier molecular flexibility index (Phi) is 3.32. The van der Waals surface area contributed by atoms with E-state index in [0.29, 0.717) is 0 Å². The molecule has 0 spiro atoms. The minimum absolute atomic E-state index is 0.0157. The number of rotatable bonds is 3. The zero-order valence-electron chi connectivity index (χ0n) is 10.5. The highest BCUT2D eigenvalue weighted by molar-refractivity contribution is 5.75. The molecule has 18 heavy (non-hydrogen) atoms. The van der Waals surface area contributed by atoms with Crippen LogP contribution in [0.15, 0.2) is 36.7 Å². The third-order valence-electron chi connectivity index (χ3n) is 2.67. The lowest BCUT2D eigenvalue weighted by Crippen LogP contribution is -2.26. The third kappa shape index (κ3) is 2.68. The number of hydrogen-bond acceptors (Lipinski definition) is 3. The summed E-state index contributed by atoms with van der Waals surface area (Å²) in [4.78, 5) is 13.1. The second kappa shape index (κ2) is 4.91. The smallest absolute Gasteiger partial charge is 0.243 e. The van der Waals surface area contributed by atoms with Crippen LogP contribution < -0.4 is 5.73 Å². The predicted octanol–water partition coefficient (Wildman–Crippen LogP) is 1.22. The molecule has 2 N–H and O–H groups in total. The van der Waals surface area contributed by atoms with E-state index in [1.54, 1.807) is 29.9 Å². The second-order valence-electron chi connectivity index (χ2n) is 4.34. The highest BCUT2D eigenvalue weighted by Crippen LogP contribution is 2.19. The minimum Gasteiger partial charge on any atom is -0.399 e. The van der Waals surface area contributed by atoms with Crippen LogP contribution in [-0.2, 0) is 11.3 Å². The van der Waals surface area contributed by atoms with Crippen molar-refractivity contribution in [2.75, 3.05) is 19.8 Å². The summed E-state index contributed by atoms with van der Waals surface area (Å²) < 4.78 is 1.63. The lowest BCUT2D eigenvalue weighted by atomic mass is 10.1. The largest absolute Gasteiger partial charge is 0.399 e. The number of carbonyl (C=O) groups is 1. The van der Waals surface area contributed by atoms with Gasteiger partial charge < -0.3 is 10.6 Å². The summed E-state index contributed by atoms with van der Waals surface area (Å²) in [5.41, 5.74) is 8.38. The second-order valence-corrected chi connectivity index (χ2v) is 4.34. The van der Waals surface area contributed by atoms with Gasteiger partial charge in [-0.15, -0.1) is 0 Å². The van der Waals surface area contributed by atoms with E-state index in [-0.39, 0.29) is 12.5 Å². The molecule has 2 aromatic rings. The molecule has 0 atom stereocenters. The summed E-state index contributed by atoms with van der Waals surface area (Å²) in [5.74, 6) is 0.0157. The van der Waals surface area contributed by atoms with Gasteiger partial charge in [0.15, 0.2) is 0 Å². The van der Waals surface area contributed by atoms with E-state index in [0.717, 1.165) is 16.8 Å². The Labute approximate surface area is 106 Å². The Morgan fingerprint density at radius 2 is 1.94 bits per heavy atom. The fourth-order valence-electron chi connectivity index (χ4n) is 1.55. The molecular formula is C13H16N4O. The summed E-state index contributed by atoms with van der Waals surface area (Å²) in [5, 5.41) is 4.18. The van der Waals surface area contributed by atoms with Gasteiger partial charge in [0.25, 0.3) is 0 Å². The zero-order chi connectivity index (χ0) is 13.1. The van der Waals surface area contributed by atoms with Crippen LogP contribution in [0.2, 0.25) is 0 Å². The van der Waals surface area contributed by atoms with Gasteiger partial charge in [-0.25, -0.2) is 0 Å². The Morgan fingerprint density at radius 3 is 2.56 bits per heavy atom. The van der Waals surface area contributed by atoms with Crippen LogP contribution >= 0.6 is 0 Å². The number of hydrogen-bond donors (Lipinski definition) is 1. The number of amides is 1. The predicted molar refractivity (Wildman–Crippen MR) is 70.8 cm³/mol. The van der Waals surface area contributed by atoms with Gasteiger partial charge in [0.1, 0.15) is 6.54 Å². The van der Waals surface area contributed by atoms with E-state index in [2.05, 4.69) is 5.10 Å². The number of aromatic nitrogens is 2. The fraction of sp³-hybridized carbons (Fsp3) is 0.231. The van der Waals surface area contributed by atoms with Crippen LogP contribution in [0, 0.1) is 0 Å². The summed E-state index contributed by atoms with van der Waals surface area (Å²) in [7, 11) is 3.46. The third-order valence-corrected chi connectivity index (χ3v) is 2.67. The Hall–Kier alpha value is -2.30. The molecule has 0 saturated carbocycles. The number of likely N-dealkylation sites (N-methyl/N-ethyl adjacent to an activating group) is 1. The molecule has 0 aliphatic heterocycles. The van der Waals surface area contributed by atoms with Crippen molar-refractivity contribution in [3.8, 4) is 11.1 Å². The first-order valence-electron chi connectivity index (χ1n) is 5.65. The van der Waals surface area contributed by atoms with E-state index in [9.17, 15) is 4.79 Å². The Morgan fingerprint density at radius 1 is 1.28 bits per heavy atom. The van der Waals surface area contributed by atoms with Crippen LogP contribution in [0.4, 0.5) is 5.69 Å². The maximum atomic E-state index is 11.6. The molecule has 0 aliphatic carbocycles. The number of benzene rings is 1. The molecular weight excluding hydrogens is 228 g/mol. The monoisotopic (exact) mass is 244 g/mol. The van der Waals surface area contributed by atoms with Crippen molar-refractivity contribution in [3.05, 3.63) is 36.7 Å². The molecule has 0 unspecified atom stereocenters. The number of nitrogens with two attached hydrogens (primary N) is 1.